The molecule has 0 aliphatic carbocycles. The Morgan fingerprint density at radius 1 is 1.33 bits per heavy atom. The van der Waals surface area contributed by atoms with E-state index >= 15 is 0 Å². The smallest absolute Gasteiger partial charge is 0.0266 e. The van der Waals surface area contributed by atoms with Crippen LogP contribution in [0.15, 0.2) is 0 Å². The molecule has 0 aromatic carbocycles. The molecular weight excluding hydrogens is 86.0 g/mol. The van der Waals surface area contributed by atoms with Crippen molar-refractivity contribution in [1.29, 1.82) is 0 Å². The van der Waals surface area contributed by atoms with E-state index in [1.807, 2.05) is 0 Å². The standard InChI is InChI=1S/H7N5O/c1-3-5(6)4-2/h3-4,6H,1-2H2. The van der Waals surface area contributed by atoms with Crippen LogP contribution in [0.2, 0.25) is 0 Å². The molecule has 0 spiro atoms. The summed E-state index contributed by atoms with van der Waals surface area (Å²) < 4.78 is 0. The van der Waals surface area contributed by atoms with Gasteiger partial charge in [0.15, 0.2) is 0 Å². The molecule has 0 atom stereocenters. The molecule has 6 nitrogen and oxygen atoms in total. The van der Waals surface area contributed by atoms with Crippen LogP contribution in [0.5, 0.6) is 0 Å². The minimum atomic E-state index is 0.306. The number of rotatable bonds is 2. The summed E-state index contributed by atoms with van der Waals surface area (Å²) in [5.74, 6) is 9.13. The minimum Gasteiger partial charge on any atom is -0.283 e. The fourth-order valence-corrected chi connectivity index (χ4v) is 0.0373. The summed E-state index contributed by atoms with van der Waals surface area (Å²) in [4.78, 5) is 0. The van der Waals surface area contributed by atoms with Gasteiger partial charge >= 0.3 is 0 Å². The molecule has 0 unspecified atom stereocenters. The van der Waals surface area contributed by atoms with Crippen LogP contribution in [0.4, 0.5) is 0 Å². The van der Waals surface area contributed by atoms with Gasteiger partial charge in [-0.25, -0.2) is 0 Å². The fraction of sp³-hybridized carbons (Fsp3) is 0. The lowest BCUT2D eigenvalue weighted by Gasteiger charge is -2.06. The molecule has 0 fully saturated rings. The Balaban J connectivity index is 2.75. The molecule has 6 heteroatoms. The van der Waals surface area contributed by atoms with E-state index in [1.165, 1.54) is 0 Å². The number of hydrogen-bond acceptors (Lipinski definition) is 6. The predicted molar refractivity (Wildman–Crippen MR) is 18.3 cm³/mol. The molecular formula is H7N5O. The van der Waals surface area contributed by atoms with Crippen molar-refractivity contribution in [2.24, 2.45) is 11.7 Å². The molecule has 0 amide bonds. The average molecular weight is 93.1 g/mol. The molecule has 0 heterocycles. The second-order valence-electron chi connectivity index (χ2n) is 0.570. The van der Waals surface area contributed by atoms with Crippen LogP contribution in [-0.4, -0.2) is 10.5 Å². The summed E-state index contributed by atoms with van der Waals surface area (Å²) in [6.45, 7) is 0. The minimum absolute atomic E-state index is 0.306. The number of nitrogens with one attached hydrogen (secondary N) is 2. The van der Waals surface area contributed by atoms with E-state index in [2.05, 4.69) is 11.7 Å². The van der Waals surface area contributed by atoms with E-state index in [0.717, 1.165) is 0 Å². The Kier molecular flexibility index (Phi) is 2.85. The monoisotopic (exact) mass is 93.1 g/mol. The SMILES string of the molecule is NNN(O)NN. The Labute approximate surface area is 34.5 Å². The van der Waals surface area contributed by atoms with Crippen LogP contribution >= 0.6 is 0 Å². The van der Waals surface area contributed by atoms with Gasteiger partial charge in [-0.3, -0.25) is 16.9 Å². The van der Waals surface area contributed by atoms with Crippen molar-refractivity contribution in [2.75, 3.05) is 0 Å². The number of nitrogens with zero attached hydrogens (tertiary/aromatic N) is 1. The van der Waals surface area contributed by atoms with Gasteiger partial charge in [-0.05, 0) is 5.28 Å². The number of hydrazine groups is 4. The maximum Gasteiger partial charge on any atom is -0.0266 e. The van der Waals surface area contributed by atoms with Crippen LogP contribution in [0.1, 0.15) is 0 Å². The average Bonchev–Trinajstić information content (AvgIpc) is 1.65. The Hall–Kier alpha value is -0.240. The van der Waals surface area contributed by atoms with Crippen molar-refractivity contribution in [2.45, 2.75) is 0 Å². The molecule has 0 saturated heterocycles. The van der Waals surface area contributed by atoms with Crippen molar-refractivity contribution in [1.82, 2.24) is 16.4 Å². The highest BCUT2D eigenvalue weighted by Crippen LogP contribution is 1.43. The fourth-order valence-electron chi connectivity index (χ4n) is 0.0373. The first-order chi connectivity index (χ1) is 2.81. The van der Waals surface area contributed by atoms with Gasteiger partial charge in [-0.1, -0.05) is 0 Å². The molecule has 0 radical (unpaired) electrons. The summed E-state index contributed by atoms with van der Waals surface area (Å²) in [5.41, 5.74) is 3.53. The van der Waals surface area contributed by atoms with Gasteiger partial charge in [0.25, 0.3) is 0 Å². The van der Waals surface area contributed by atoms with Crippen LogP contribution in [0.3, 0.4) is 0 Å². The van der Waals surface area contributed by atoms with E-state index in [1.54, 1.807) is 11.1 Å². The largest absolute Gasteiger partial charge is 0.283 e. The highest BCUT2D eigenvalue weighted by Gasteiger charge is 1.81. The van der Waals surface area contributed by atoms with Crippen molar-refractivity contribution < 1.29 is 5.21 Å². The zero-order valence-electron chi connectivity index (χ0n) is 3.05. The molecule has 0 saturated carbocycles. The van der Waals surface area contributed by atoms with Crippen LogP contribution in [0.25, 0.3) is 0 Å². The normalized spacial score (nSPS) is 10.0. The molecule has 7 N–H and O–H groups in total. The zero-order chi connectivity index (χ0) is 4.99. The first-order valence-electron chi connectivity index (χ1n) is 1.22. The highest BCUT2D eigenvalue weighted by atomic mass is 16.6. The summed E-state index contributed by atoms with van der Waals surface area (Å²) in [7, 11) is 0. The second kappa shape index (κ2) is 2.97. The summed E-state index contributed by atoms with van der Waals surface area (Å²) in [5, 5.41) is 8.33. The molecule has 6 heavy (non-hydrogen) atoms. The summed E-state index contributed by atoms with van der Waals surface area (Å²) in [6.07, 6.45) is 0. The Morgan fingerprint density at radius 2 is 1.67 bits per heavy atom. The predicted octanol–water partition coefficient (Wildman–Crippen LogP) is -2.57. The van der Waals surface area contributed by atoms with Gasteiger partial charge in [-0.15, -0.1) is 0 Å². The summed E-state index contributed by atoms with van der Waals surface area (Å²) >= 11 is 0. The third-order valence-electron chi connectivity index (χ3n) is 0.245. The third-order valence-corrected chi connectivity index (χ3v) is 0.245. The summed E-state index contributed by atoms with van der Waals surface area (Å²) in [6, 6.07) is 0. The van der Waals surface area contributed by atoms with Gasteiger partial charge in [0.05, 0.1) is 0 Å². The van der Waals surface area contributed by atoms with Crippen molar-refractivity contribution in [3.8, 4) is 0 Å². The second-order valence-corrected chi connectivity index (χ2v) is 0.570. The molecule has 0 aliphatic heterocycles. The van der Waals surface area contributed by atoms with Crippen molar-refractivity contribution in [3.05, 3.63) is 0 Å². The molecule has 0 aromatic heterocycles. The Bertz CT molecular complexity index is 23.1. The lowest BCUT2D eigenvalue weighted by molar-refractivity contribution is -0.182. The van der Waals surface area contributed by atoms with Gasteiger partial charge < -0.3 is 0 Å². The van der Waals surface area contributed by atoms with Crippen LogP contribution in [0, 0.1) is 0 Å². The molecule has 0 aromatic rings. The van der Waals surface area contributed by atoms with Crippen LogP contribution in [-0.2, 0) is 0 Å². The van der Waals surface area contributed by atoms with E-state index in [0.29, 0.717) is 5.28 Å². The zero-order valence-corrected chi connectivity index (χ0v) is 3.05. The first kappa shape index (κ1) is 5.76. The first-order valence-corrected chi connectivity index (χ1v) is 1.22. The topological polar surface area (TPSA) is 99.6 Å². The maximum atomic E-state index is 8.03. The van der Waals surface area contributed by atoms with Gasteiger partial charge in [0.2, 0.25) is 0 Å². The van der Waals surface area contributed by atoms with E-state index in [4.69, 9.17) is 5.21 Å². The number of nitrogens with two attached hydrogens (primary N) is 2. The molecule has 38 valence electrons. The lowest BCUT2D eigenvalue weighted by atomic mass is 12.2. The van der Waals surface area contributed by atoms with Crippen LogP contribution < -0.4 is 22.8 Å². The quantitative estimate of drug-likeness (QED) is 0.190. The molecule has 0 bridgehead atoms. The van der Waals surface area contributed by atoms with E-state index in [9.17, 15) is 0 Å². The lowest BCUT2D eigenvalue weighted by Crippen LogP contribution is -2.52. The van der Waals surface area contributed by atoms with Crippen molar-refractivity contribution in [3.63, 3.8) is 0 Å². The highest BCUT2D eigenvalue weighted by molar-refractivity contribution is 3.92. The molecule has 0 rings (SSSR count). The van der Waals surface area contributed by atoms with Crippen molar-refractivity contribution >= 4 is 0 Å². The van der Waals surface area contributed by atoms with E-state index < -0.39 is 0 Å². The molecule has 0 aliphatic rings. The third kappa shape index (κ3) is 2.03. The van der Waals surface area contributed by atoms with Gasteiger partial charge in [-0.2, -0.15) is 11.1 Å². The Morgan fingerprint density at radius 3 is 1.67 bits per heavy atom. The van der Waals surface area contributed by atoms with E-state index in [-0.39, 0.29) is 0 Å². The maximum absolute atomic E-state index is 8.03. The number of hydrogen-bond donors (Lipinski definition) is 5. The van der Waals surface area contributed by atoms with Gasteiger partial charge in [0.1, 0.15) is 0 Å². The van der Waals surface area contributed by atoms with Gasteiger partial charge in [0, 0.05) is 0 Å².